The number of hydrogen-bond acceptors (Lipinski definition) is 2. The minimum Gasteiger partial charge on any atom is -0.382 e. The van der Waals surface area contributed by atoms with E-state index in [1.807, 2.05) is 0 Å². The Morgan fingerprint density at radius 3 is 2.93 bits per heavy atom. The second kappa shape index (κ2) is 5.08. The summed E-state index contributed by atoms with van der Waals surface area (Å²) >= 11 is 3.13. The second-order valence-corrected chi connectivity index (χ2v) is 4.51. The zero-order valence-corrected chi connectivity index (χ0v) is 9.92. The molecular weight excluding hydrogens is 244 g/mol. The predicted molar refractivity (Wildman–Crippen MR) is 60.5 cm³/mol. The molecule has 0 unspecified atom stereocenters. The van der Waals surface area contributed by atoms with Gasteiger partial charge in [0.2, 0.25) is 0 Å². The third-order valence-electron chi connectivity index (χ3n) is 3.09. The molecule has 14 heavy (non-hydrogen) atoms. The second-order valence-electron chi connectivity index (χ2n) is 3.95. The third-order valence-corrected chi connectivity index (χ3v) is 3.60. The van der Waals surface area contributed by atoms with Gasteiger partial charge in [0, 0.05) is 0 Å². The molecule has 1 fully saturated rings. The number of Topliss-reactive ketones (excluding diaryl/α,β-unsaturated/α-hetero) is 1. The fourth-order valence-electron chi connectivity index (χ4n) is 2.22. The van der Waals surface area contributed by atoms with Gasteiger partial charge in [0.15, 0.2) is 5.78 Å². The van der Waals surface area contributed by atoms with E-state index in [9.17, 15) is 9.90 Å². The van der Waals surface area contributed by atoms with Crippen molar-refractivity contribution in [1.82, 2.24) is 0 Å². The fraction of sp³-hybridized carbons (Fsp3) is 0.727. The number of halogens is 1. The summed E-state index contributed by atoms with van der Waals surface area (Å²) < 4.78 is 0. The predicted octanol–water partition coefficient (Wildman–Crippen LogP) is 2.45. The van der Waals surface area contributed by atoms with Crippen molar-refractivity contribution in [3.05, 3.63) is 12.7 Å². The van der Waals surface area contributed by atoms with Crippen LogP contribution in [-0.2, 0) is 4.79 Å². The molecule has 1 rings (SSSR count). The molecule has 2 atom stereocenters. The minimum absolute atomic E-state index is 0.0683. The molecule has 0 spiro atoms. The number of allylic oxidation sites excluding steroid dienone is 1. The Bertz CT molecular complexity index is 227. The highest BCUT2D eigenvalue weighted by Gasteiger charge is 2.43. The SMILES string of the molecule is C=CC[C@H]1CCCC[C@]1(O)C(=O)CBr. The first kappa shape index (κ1) is 11.9. The first-order valence-electron chi connectivity index (χ1n) is 5.07. The van der Waals surface area contributed by atoms with E-state index in [1.54, 1.807) is 6.08 Å². The molecule has 2 nitrogen and oxygen atoms in total. The lowest BCUT2D eigenvalue weighted by molar-refractivity contribution is -0.144. The van der Waals surface area contributed by atoms with Gasteiger partial charge in [-0.3, -0.25) is 4.79 Å². The van der Waals surface area contributed by atoms with E-state index in [4.69, 9.17) is 0 Å². The maximum Gasteiger partial charge on any atom is 0.175 e. The highest BCUT2D eigenvalue weighted by molar-refractivity contribution is 9.09. The number of ketones is 1. The van der Waals surface area contributed by atoms with Crippen molar-refractivity contribution in [3.8, 4) is 0 Å². The van der Waals surface area contributed by atoms with Gasteiger partial charge in [-0.15, -0.1) is 6.58 Å². The van der Waals surface area contributed by atoms with Gasteiger partial charge in [0.1, 0.15) is 5.60 Å². The summed E-state index contributed by atoms with van der Waals surface area (Å²) in [6.07, 6.45) is 6.12. The van der Waals surface area contributed by atoms with E-state index in [2.05, 4.69) is 22.5 Å². The van der Waals surface area contributed by atoms with E-state index in [0.29, 0.717) is 6.42 Å². The Morgan fingerprint density at radius 1 is 1.64 bits per heavy atom. The Labute approximate surface area is 93.5 Å². The summed E-state index contributed by atoms with van der Waals surface area (Å²) in [5.41, 5.74) is -1.10. The first-order valence-corrected chi connectivity index (χ1v) is 6.20. The van der Waals surface area contributed by atoms with Gasteiger partial charge in [-0.1, -0.05) is 34.8 Å². The van der Waals surface area contributed by atoms with Crippen molar-refractivity contribution in [2.75, 3.05) is 5.33 Å². The van der Waals surface area contributed by atoms with Crippen molar-refractivity contribution >= 4 is 21.7 Å². The molecule has 0 heterocycles. The van der Waals surface area contributed by atoms with Crippen LogP contribution in [0.15, 0.2) is 12.7 Å². The maximum absolute atomic E-state index is 11.6. The molecule has 1 saturated carbocycles. The van der Waals surface area contributed by atoms with Crippen LogP contribution in [0.5, 0.6) is 0 Å². The van der Waals surface area contributed by atoms with Crippen LogP contribution >= 0.6 is 15.9 Å². The van der Waals surface area contributed by atoms with Crippen molar-refractivity contribution < 1.29 is 9.90 Å². The Kier molecular flexibility index (Phi) is 4.32. The number of hydrogen-bond donors (Lipinski definition) is 1. The monoisotopic (exact) mass is 260 g/mol. The number of rotatable bonds is 4. The summed E-state index contributed by atoms with van der Waals surface area (Å²) in [7, 11) is 0. The quantitative estimate of drug-likeness (QED) is 0.623. The van der Waals surface area contributed by atoms with Gasteiger partial charge in [-0.05, 0) is 25.2 Å². The van der Waals surface area contributed by atoms with Gasteiger partial charge < -0.3 is 5.11 Å². The Hall–Kier alpha value is -0.150. The standard InChI is InChI=1S/C11H17BrO2/c1-2-5-9-6-3-4-7-11(9,14)10(13)8-12/h2,9,14H,1,3-8H2/t9-,11+/m0/s1. The highest BCUT2D eigenvalue weighted by atomic mass is 79.9. The molecular formula is C11H17BrO2. The molecule has 0 aromatic heterocycles. The summed E-state index contributed by atoms with van der Waals surface area (Å²) in [6, 6.07) is 0. The molecule has 3 heteroatoms. The molecule has 0 radical (unpaired) electrons. The molecule has 1 aliphatic carbocycles. The first-order chi connectivity index (χ1) is 6.65. The molecule has 0 aliphatic heterocycles. The average molecular weight is 261 g/mol. The average Bonchev–Trinajstić information content (AvgIpc) is 2.20. The summed E-state index contributed by atoms with van der Waals surface area (Å²) in [4.78, 5) is 11.6. The normalized spacial score (nSPS) is 32.6. The zero-order chi connectivity index (χ0) is 10.6. The van der Waals surface area contributed by atoms with E-state index in [1.165, 1.54) is 0 Å². The molecule has 0 aromatic rings. The van der Waals surface area contributed by atoms with Gasteiger partial charge >= 0.3 is 0 Å². The van der Waals surface area contributed by atoms with Gasteiger partial charge in [-0.25, -0.2) is 0 Å². The van der Waals surface area contributed by atoms with E-state index in [0.717, 1.165) is 25.7 Å². The molecule has 80 valence electrons. The van der Waals surface area contributed by atoms with Crippen LogP contribution in [0.2, 0.25) is 0 Å². The minimum atomic E-state index is -1.10. The number of carbonyl (C=O) groups excluding carboxylic acids is 1. The van der Waals surface area contributed by atoms with Crippen molar-refractivity contribution in [3.63, 3.8) is 0 Å². The summed E-state index contributed by atoms with van der Waals surface area (Å²) in [6.45, 7) is 3.67. The maximum atomic E-state index is 11.6. The van der Waals surface area contributed by atoms with Crippen LogP contribution in [0.25, 0.3) is 0 Å². The van der Waals surface area contributed by atoms with E-state index >= 15 is 0 Å². The number of alkyl halides is 1. The van der Waals surface area contributed by atoms with Crippen LogP contribution in [0.1, 0.15) is 32.1 Å². The van der Waals surface area contributed by atoms with Crippen molar-refractivity contribution in [1.29, 1.82) is 0 Å². The number of aliphatic hydroxyl groups is 1. The summed E-state index contributed by atoms with van der Waals surface area (Å²) in [5.74, 6) is -0.0113. The third kappa shape index (κ3) is 2.26. The van der Waals surface area contributed by atoms with E-state index in [-0.39, 0.29) is 17.0 Å². The molecule has 0 saturated heterocycles. The molecule has 0 amide bonds. The van der Waals surface area contributed by atoms with Gasteiger partial charge in [0.25, 0.3) is 0 Å². The van der Waals surface area contributed by atoms with Crippen LogP contribution in [0.3, 0.4) is 0 Å². The Morgan fingerprint density at radius 2 is 2.36 bits per heavy atom. The zero-order valence-electron chi connectivity index (χ0n) is 8.34. The largest absolute Gasteiger partial charge is 0.382 e. The lowest BCUT2D eigenvalue weighted by Gasteiger charge is -2.38. The van der Waals surface area contributed by atoms with Gasteiger partial charge in [-0.2, -0.15) is 0 Å². The van der Waals surface area contributed by atoms with Crippen molar-refractivity contribution in [2.24, 2.45) is 5.92 Å². The van der Waals surface area contributed by atoms with Crippen LogP contribution < -0.4 is 0 Å². The van der Waals surface area contributed by atoms with Crippen molar-refractivity contribution in [2.45, 2.75) is 37.7 Å². The topological polar surface area (TPSA) is 37.3 Å². The molecule has 1 N–H and O–H groups in total. The van der Waals surface area contributed by atoms with Crippen LogP contribution in [0.4, 0.5) is 0 Å². The van der Waals surface area contributed by atoms with Crippen LogP contribution in [-0.4, -0.2) is 21.8 Å². The lowest BCUT2D eigenvalue weighted by Crippen LogP contribution is -2.48. The van der Waals surface area contributed by atoms with Crippen LogP contribution in [0, 0.1) is 5.92 Å². The highest BCUT2D eigenvalue weighted by Crippen LogP contribution is 2.37. The lowest BCUT2D eigenvalue weighted by atomic mass is 9.72. The number of carbonyl (C=O) groups is 1. The summed E-state index contributed by atoms with van der Waals surface area (Å²) in [5, 5.41) is 10.6. The van der Waals surface area contributed by atoms with Gasteiger partial charge in [0.05, 0.1) is 5.33 Å². The molecule has 0 bridgehead atoms. The molecule has 1 aliphatic rings. The fourth-order valence-corrected chi connectivity index (χ4v) is 2.71. The Balaban J connectivity index is 2.78. The molecule has 0 aromatic carbocycles. The smallest absolute Gasteiger partial charge is 0.175 e. The van der Waals surface area contributed by atoms with E-state index < -0.39 is 5.60 Å².